The fraction of sp³-hybridized carbons (Fsp3) is 0.381. The van der Waals surface area contributed by atoms with Crippen molar-refractivity contribution in [1.82, 2.24) is 9.13 Å². The van der Waals surface area contributed by atoms with E-state index in [-0.39, 0.29) is 0 Å². The van der Waals surface area contributed by atoms with Crippen LogP contribution >= 0.6 is 22.7 Å². The van der Waals surface area contributed by atoms with Gasteiger partial charge in [-0.3, -0.25) is 0 Å². The third kappa shape index (κ3) is 5.73. The van der Waals surface area contributed by atoms with Crippen molar-refractivity contribution in [1.29, 1.82) is 0 Å². The summed E-state index contributed by atoms with van der Waals surface area (Å²) in [5, 5.41) is 5.26. The number of aromatic nitrogens is 2. The molecule has 0 fully saturated rings. The van der Waals surface area contributed by atoms with Crippen LogP contribution < -0.4 is 0 Å². The molecule has 0 N–H and O–H groups in total. The summed E-state index contributed by atoms with van der Waals surface area (Å²) in [5.41, 5.74) is 9.69. The molecule has 7 aromatic rings. The molecular formula is C42H48N2S2. The van der Waals surface area contributed by atoms with Crippen molar-refractivity contribution in [2.45, 2.75) is 92.2 Å². The van der Waals surface area contributed by atoms with Crippen LogP contribution in [0.2, 0.25) is 0 Å². The molecule has 7 rings (SSSR count). The number of thiophene rings is 2. The van der Waals surface area contributed by atoms with Crippen LogP contribution in [0.1, 0.15) is 79.1 Å². The highest BCUT2D eigenvalue weighted by Gasteiger charge is 2.24. The van der Waals surface area contributed by atoms with Crippen molar-refractivity contribution < 1.29 is 0 Å². The van der Waals surface area contributed by atoms with Crippen molar-refractivity contribution >= 4 is 64.9 Å². The van der Waals surface area contributed by atoms with Crippen LogP contribution in [-0.4, -0.2) is 9.13 Å². The zero-order valence-corrected chi connectivity index (χ0v) is 29.7. The highest BCUT2D eigenvalue weighted by atomic mass is 32.1. The summed E-state index contributed by atoms with van der Waals surface area (Å²) >= 11 is 3.92. The van der Waals surface area contributed by atoms with Crippen LogP contribution in [0.15, 0.2) is 84.2 Å². The number of hydrogen-bond acceptors (Lipinski definition) is 2. The van der Waals surface area contributed by atoms with Gasteiger partial charge in [-0.2, -0.15) is 0 Å². The predicted molar refractivity (Wildman–Crippen MR) is 206 cm³/mol. The zero-order valence-electron chi connectivity index (χ0n) is 28.0. The van der Waals surface area contributed by atoms with Gasteiger partial charge in [0.05, 0.1) is 31.5 Å². The van der Waals surface area contributed by atoms with E-state index < -0.39 is 0 Å². The van der Waals surface area contributed by atoms with Crippen LogP contribution in [0.3, 0.4) is 0 Å². The molecule has 0 spiro atoms. The van der Waals surface area contributed by atoms with Gasteiger partial charge in [0.15, 0.2) is 0 Å². The Kier molecular flexibility index (Phi) is 9.38. The predicted octanol–water partition coefficient (Wildman–Crippen LogP) is 13.8. The van der Waals surface area contributed by atoms with E-state index in [4.69, 9.17) is 0 Å². The molecule has 0 aliphatic rings. The maximum Gasteiger partial charge on any atom is 0.0680 e. The van der Waals surface area contributed by atoms with E-state index in [2.05, 4.69) is 121 Å². The lowest BCUT2D eigenvalue weighted by atomic mass is 9.99. The van der Waals surface area contributed by atoms with Crippen molar-refractivity contribution in [2.75, 3.05) is 0 Å². The molecule has 0 saturated carbocycles. The van der Waals surface area contributed by atoms with Gasteiger partial charge in [0.1, 0.15) is 0 Å². The molecular weight excluding hydrogens is 597 g/mol. The second-order valence-electron chi connectivity index (χ2n) is 13.3. The normalized spacial score (nSPS) is 13.5. The van der Waals surface area contributed by atoms with Gasteiger partial charge in [0.25, 0.3) is 0 Å². The van der Waals surface area contributed by atoms with Crippen LogP contribution in [0, 0.1) is 11.8 Å². The molecule has 46 heavy (non-hydrogen) atoms. The monoisotopic (exact) mass is 644 g/mol. The van der Waals surface area contributed by atoms with Crippen molar-refractivity contribution in [3.05, 3.63) is 84.2 Å². The first-order valence-electron chi connectivity index (χ1n) is 17.7. The lowest BCUT2D eigenvalue weighted by Crippen LogP contribution is -2.10. The van der Waals surface area contributed by atoms with E-state index in [1.807, 2.05) is 22.7 Å². The van der Waals surface area contributed by atoms with E-state index in [9.17, 15) is 0 Å². The molecule has 0 aliphatic carbocycles. The molecule has 0 aliphatic heterocycles. The molecule has 0 amide bonds. The molecule has 238 valence electrons. The SMILES string of the molecule is CCCCC(CC)Cn1c2cc3c4scc(-c5ccccc5)c4n(CC(CC)CCCC)c3cc2c2sc(-c3ccccc3)cc21. The Balaban J connectivity index is 1.49. The second-order valence-corrected chi connectivity index (χ2v) is 15.3. The molecule has 3 aromatic carbocycles. The average Bonchev–Trinajstić information content (AvgIpc) is 3.86. The lowest BCUT2D eigenvalue weighted by Gasteiger charge is -2.18. The minimum Gasteiger partial charge on any atom is -0.339 e. The largest absolute Gasteiger partial charge is 0.339 e. The van der Waals surface area contributed by atoms with E-state index in [1.165, 1.54) is 115 Å². The topological polar surface area (TPSA) is 9.86 Å². The average molecular weight is 645 g/mol. The molecule has 4 heterocycles. The Labute approximate surface area is 282 Å². The smallest absolute Gasteiger partial charge is 0.0680 e. The van der Waals surface area contributed by atoms with Gasteiger partial charge in [0.2, 0.25) is 0 Å². The summed E-state index contributed by atoms with van der Waals surface area (Å²) in [5.74, 6) is 1.37. The molecule has 2 unspecified atom stereocenters. The van der Waals surface area contributed by atoms with Crippen molar-refractivity contribution in [3.8, 4) is 21.6 Å². The van der Waals surface area contributed by atoms with Crippen molar-refractivity contribution in [2.24, 2.45) is 11.8 Å². The Morgan fingerprint density at radius 1 is 0.609 bits per heavy atom. The third-order valence-electron chi connectivity index (χ3n) is 10.3. The molecule has 0 radical (unpaired) electrons. The molecule has 4 aromatic heterocycles. The summed E-state index contributed by atoms with van der Waals surface area (Å²) in [6.07, 6.45) is 10.2. The van der Waals surface area contributed by atoms with E-state index in [0.717, 1.165) is 13.1 Å². The summed E-state index contributed by atoms with van der Waals surface area (Å²) in [7, 11) is 0. The molecule has 0 bridgehead atoms. The first kappa shape index (κ1) is 31.3. The van der Waals surface area contributed by atoms with E-state index in [0.29, 0.717) is 11.8 Å². The lowest BCUT2D eigenvalue weighted by molar-refractivity contribution is 0.400. The minimum absolute atomic E-state index is 0.679. The fourth-order valence-corrected chi connectivity index (χ4v) is 9.82. The summed E-state index contributed by atoms with van der Waals surface area (Å²) in [6.45, 7) is 11.6. The van der Waals surface area contributed by atoms with Gasteiger partial charge < -0.3 is 9.13 Å². The van der Waals surface area contributed by atoms with Crippen LogP contribution in [0.4, 0.5) is 0 Å². The maximum absolute atomic E-state index is 2.72. The van der Waals surface area contributed by atoms with Crippen molar-refractivity contribution in [3.63, 3.8) is 0 Å². The number of rotatable bonds is 14. The standard InChI is InChI=1S/C42H48N2S2/c1-5-9-17-29(7-3)26-43-36-24-34-37(23-33(36)41-38(43)25-39(46-41)32-21-15-12-16-22-32)44(27-30(8-4)18-10-6-2)40-35(28-45-42(34)40)31-19-13-11-14-20-31/h11-16,19-25,28-30H,5-10,17-18,26-27H2,1-4H3. The molecule has 2 atom stereocenters. The van der Waals surface area contributed by atoms with Gasteiger partial charge in [-0.1, -0.05) is 127 Å². The Bertz CT molecular complexity index is 2050. The Hall–Kier alpha value is -3.34. The maximum atomic E-state index is 2.72. The number of fused-ring (bicyclic) bond motifs is 6. The Morgan fingerprint density at radius 2 is 1.17 bits per heavy atom. The second kappa shape index (κ2) is 13.8. The first-order valence-corrected chi connectivity index (χ1v) is 19.4. The quantitative estimate of drug-likeness (QED) is 0.111. The van der Waals surface area contributed by atoms with Gasteiger partial charge in [-0.05, 0) is 54.0 Å². The van der Waals surface area contributed by atoms with Crippen LogP contribution in [0.5, 0.6) is 0 Å². The van der Waals surface area contributed by atoms with Crippen LogP contribution in [0.25, 0.3) is 63.8 Å². The highest BCUT2D eigenvalue weighted by Crippen LogP contribution is 2.46. The van der Waals surface area contributed by atoms with E-state index >= 15 is 0 Å². The van der Waals surface area contributed by atoms with Crippen LogP contribution in [-0.2, 0) is 13.1 Å². The number of benzene rings is 3. The van der Waals surface area contributed by atoms with Gasteiger partial charge >= 0.3 is 0 Å². The van der Waals surface area contributed by atoms with Gasteiger partial charge in [-0.15, -0.1) is 22.7 Å². The minimum atomic E-state index is 0.679. The zero-order chi connectivity index (χ0) is 31.6. The van der Waals surface area contributed by atoms with Gasteiger partial charge in [-0.25, -0.2) is 0 Å². The summed E-state index contributed by atoms with van der Waals surface area (Å²) in [4.78, 5) is 1.37. The summed E-state index contributed by atoms with van der Waals surface area (Å²) in [6, 6.07) is 29.7. The Morgan fingerprint density at radius 3 is 1.78 bits per heavy atom. The van der Waals surface area contributed by atoms with E-state index in [1.54, 1.807) is 0 Å². The third-order valence-corrected chi connectivity index (χ3v) is 12.5. The molecule has 2 nitrogen and oxygen atoms in total. The molecule has 4 heteroatoms. The highest BCUT2D eigenvalue weighted by molar-refractivity contribution is 7.23. The number of unbranched alkanes of at least 4 members (excludes halogenated alkanes) is 2. The molecule has 0 saturated heterocycles. The first-order chi connectivity index (χ1) is 22.6. The van der Waals surface area contributed by atoms with Gasteiger partial charge in [0, 0.05) is 39.7 Å². The summed E-state index contributed by atoms with van der Waals surface area (Å²) < 4.78 is 8.30. The number of nitrogens with zero attached hydrogens (tertiary/aromatic N) is 2. The number of hydrogen-bond donors (Lipinski definition) is 0. The fourth-order valence-electron chi connectivity index (χ4n) is 7.53.